The van der Waals surface area contributed by atoms with Crippen LogP contribution in [0.1, 0.15) is 52.0 Å². The number of halogens is 3. The number of carbonyl (C=O) groups is 2. The van der Waals surface area contributed by atoms with Gasteiger partial charge in [-0.3, -0.25) is 14.5 Å². The van der Waals surface area contributed by atoms with Crippen molar-refractivity contribution in [3.8, 4) is 5.69 Å². The number of allylic oxidation sites excluding steroid dienone is 1. The molecule has 0 fully saturated rings. The van der Waals surface area contributed by atoms with Gasteiger partial charge in [-0.15, -0.1) is 24.3 Å². The fraction of sp³-hybridized carbons (Fsp3) is 0.219. The number of nitrogens with one attached hydrogen (secondary N) is 1. The SMILES string of the molecule is C=CCC(F)(F)c1cccc(C(=O)NC2C(=O)N(CC)c3c(c(C)nn3-c3ccccc3)[C@@H]2c2c[c-]c(F)cc2)c1.[O]=[Ni]. The average Bonchev–Trinajstić information content (AvgIpc) is 3.36. The van der Waals surface area contributed by atoms with Gasteiger partial charge in [0.25, 0.3) is 17.7 Å². The summed E-state index contributed by atoms with van der Waals surface area (Å²) >= 11 is 2.62. The maximum absolute atomic E-state index is 14.6. The van der Waals surface area contributed by atoms with Gasteiger partial charge in [-0.2, -0.15) is 17.2 Å². The van der Waals surface area contributed by atoms with E-state index in [0.717, 1.165) is 17.8 Å². The molecule has 11 heteroatoms. The summed E-state index contributed by atoms with van der Waals surface area (Å²) in [5, 5.41) is 7.55. The number of benzene rings is 3. The summed E-state index contributed by atoms with van der Waals surface area (Å²) in [6, 6.07) is 20.2. The van der Waals surface area contributed by atoms with E-state index in [-0.39, 0.29) is 17.7 Å². The van der Waals surface area contributed by atoms with E-state index >= 15 is 0 Å². The Balaban J connectivity index is 0.00000207. The summed E-state index contributed by atoms with van der Waals surface area (Å²) in [4.78, 5) is 29.2. The van der Waals surface area contributed by atoms with Gasteiger partial charge in [0, 0.05) is 35.5 Å². The van der Waals surface area contributed by atoms with Crippen LogP contribution in [0.15, 0.2) is 85.5 Å². The number of hydrogen-bond donors (Lipinski definition) is 1. The van der Waals surface area contributed by atoms with Crippen LogP contribution in [0.2, 0.25) is 0 Å². The first-order chi connectivity index (χ1) is 20.7. The number of hydrogen-bond acceptors (Lipinski definition) is 4. The first-order valence-corrected chi connectivity index (χ1v) is 13.7. The van der Waals surface area contributed by atoms with Gasteiger partial charge < -0.3 is 5.32 Å². The zero-order valence-corrected chi connectivity index (χ0v) is 24.3. The molecule has 1 N–H and O–H groups in total. The monoisotopic (exact) mass is 631 g/mol. The Morgan fingerprint density at radius 1 is 1.14 bits per heavy atom. The molecule has 0 saturated heterocycles. The van der Waals surface area contributed by atoms with Crippen LogP contribution >= 0.6 is 0 Å². The van der Waals surface area contributed by atoms with Crippen molar-refractivity contribution in [2.45, 2.75) is 38.2 Å². The van der Waals surface area contributed by atoms with E-state index < -0.39 is 41.9 Å². The van der Waals surface area contributed by atoms with Crippen LogP contribution in [0, 0.1) is 18.8 Å². The molecule has 2 heterocycles. The van der Waals surface area contributed by atoms with Crippen LogP contribution in [0.4, 0.5) is 19.0 Å². The third kappa shape index (κ3) is 6.22. The number of carbonyl (C=O) groups excluding carboxylic acids is 2. The molecule has 43 heavy (non-hydrogen) atoms. The third-order valence-electron chi connectivity index (χ3n) is 7.22. The van der Waals surface area contributed by atoms with Crippen LogP contribution in [0.25, 0.3) is 5.69 Å². The van der Waals surface area contributed by atoms with Crippen LogP contribution in [0.5, 0.6) is 0 Å². The van der Waals surface area contributed by atoms with Crippen molar-refractivity contribution in [1.82, 2.24) is 15.1 Å². The second-order valence-corrected chi connectivity index (χ2v) is 9.83. The molecule has 3 aromatic carbocycles. The van der Waals surface area contributed by atoms with Crippen LogP contribution in [0.3, 0.4) is 0 Å². The molecule has 1 unspecified atom stereocenters. The molecule has 1 aromatic heterocycles. The summed E-state index contributed by atoms with van der Waals surface area (Å²) in [6.45, 7) is 7.29. The van der Waals surface area contributed by atoms with E-state index in [0.29, 0.717) is 22.6 Å². The van der Waals surface area contributed by atoms with Crippen molar-refractivity contribution in [2.24, 2.45) is 0 Å². The molecular formula is C32H28F3N4NiO3-. The number of nitrogens with zero attached hydrogens (tertiary/aromatic N) is 3. The van der Waals surface area contributed by atoms with E-state index in [1.54, 1.807) is 15.6 Å². The summed E-state index contributed by atoms with van der Waals surface area (Å²) in [6.07, 6.45) is 0.536. The molecule has 2 amide bonds. The Hall–Kier alpha value is -4.37. The van der Waals surface area contributed by atoms with Crippen molar-refractivity contribution < 1.29 is 42.0 Å². The fourth-order valence-electron chi connectivity index (χ4n) is 5.31. The Labute approximate surface area is 255 Å². The van der Waals surface area contributed by atoms with Crippen LogP contribution in [-0.4, -0.2) is 34.2 Å². The standard InChI is InChI=1S/C32H28F3N4O2.Ni.O/c1-4-18-32(34,35)23-11-9-10-22(19-23)29(40)36-28-27(21-14-16-24(33)17-15-21)26-20(3)37-39(25-12-7-6-8-13-25)30(26)38(5-2)31(28)41;;/h4,6-16,19,27-28H,1,5,18H2,2-3H3,(H,36,40);;/q-1;;/t27-,28?;;/m0../s1. The number of para-hydroxylation sites is 1. The van der Waals surface area contributed by atoms with Gasteiger partial charge in [0.2, 0.25) is 0 Å². The van der Waals surface area contributed by atoms with Gasteiger partial charge in [-0.1, -0.05) is 36.4 Å². The third-order valence-corrected chi connectivity index (χ3v) is 7.22. The molecular weight excluding hydrogens is 604 g/mol. The minimum absolute atomic E-state index is 0.0194. The normalized spacial score (nSPS) is 16.2. The van der Waals surface area contributed by atoms with Gasteiger partial charge in [0.05, 0.1) is 11.4 Å². The number of likely N-dealkylation sites (N-methyl/N-ethyl adjacent to an activating group) is 1. The molecule has 5 rings (SSSR count). The maximum atomic E-state index is 14.6. The molecule has 226 valence electrons. The van der Waals surface area contributed by atoms with Crippen molar-refractivity contribution >= 4 is 17.6 Å². The molecule has 0 radical (unpaired) electrons. The molecule has 0 saturated carbocycles. The van der Waals surface area contributed by atoms with Crippen molar-refractivity contribution in [2.75, 3.05) is 11.4 Å². The molecule has 7 nitrogen and oxygen atoms in total. The fourth-order valence-corrected chi connectivity index (χ4v) is 5.31. The zero-order valence-electron chi connectivity index (χ0n) is 23.3. The van der Waals surface area contributed by atoms with E-state index in [1.165, 1.54) is 30.3 Å². The Morgan fingerprint density at radius 3 is 2.49 bits per heavy atom. The van der Waals surface area contributed by atoms with E-state index in [1.807, 2.05) is 44.2 Å². The van der Waals surface area contributed by atoms with E-state index in [2.05, 4.69) is 33.4 Å². The van der Waals surface area contributed by atoms with Gasteiger partial charge in [0.15, 0.2) is 0 Å². The summed E-state index contributed by atoms with van der Waals surface area (Å²) in [7, 11) is 0. The first-order valence-electron chi connectivity index (χ1n) is 13.3. The second-order valence-electron chi connectivity index (χ2n) is 9.83. The molecule has 4 aromatic rings. The predicted molar refractivity (Wildman–Crippen MR) is 150 cm³/mol. The Bertz CT molecular complexity index is 1630. The molecule has 0 aliphatic carbocycles. The number of aryl methyl sites for hydroxylation is 1. The van der Waals surface area contributed by atoms with Crippen molar-refractivity contribution in [1.29, 1.82) is 0 Å². The van der Waals surface area contributed by atoms with Gasteiger partial charge in [-0.05, 0) is 44.0 Å². The molecule has 2 atom stereocenters. The topological polar surface area (TPSA) is 84.3 Å². The van der Waals surface area contributed by atoms with Crippen LogP contribution in [-0.2, 0) is 30.0 Å². The Morgan fingerprint density at radius 2 is 1.86 bits per heavy atom. The Kier molecular flexibility index (Phi) is 9.76. The van der Waals surface area contributed by atoms with Gasteiger partial charge in [0.1, 0.15) is 11.9 Å². The summed E-state index contributed by atoms with van der Waals surface area (Å²) in [5.41, 5.74) is 2.24. The minimum atomic E-state index is -3.21. The first kappa shape index (κ1) is 31.6. The number of amides is 2. The second kappa shape index (κ2) is 13.3. The summed E-state index contributed by atoms with van der Waals surface area (Å²) in [5.74, 6) is -5.07. The number of rotatable bonds is 8. The number of aromatic nitrogens is 2. The average molecular weight is 632 g/mol. The quantitative estimate of drug-likeness (QED) is 0.148. The van der Waals surface area contributed by atoms with Crippen molar-refractivity contribution in [3.05, 3.63) is 125 Å². The summed E-state index contributed by atoms with van der Waals surface area (Å²) < 4.78 is 52.6. The molecule has 1 aliphatic heterocycles. The molecule has 0 bridgehead atoms. The number of fused-ring (bicyclic) bond motifs is 1. The van der Waals surface area contributed by atoms with E-state index in [4.69, 9.17) is 9.00 Å². The predicted octanol–water partition coefficient (Wildman–Crippen LogP) is 5.96. The van der Waals surface area contributed by atoms with Gasteiger partial charge >= 0.3 is 19.3 Å². The molecule has 0 spiro atoms. The van der Waals surface area contributed by atoms with Gasteiger partial charge in [-0.25, -0.2) is 17.9 Å². The number of alkyl halides is 2. The molecule has 1 aliphatic rings. The number of anilines is 1. The zero-order chi connectivity index (χ0) is 31.3. The van der Waals surface area contributed by atoms with Crippen LogP contribution < -0.4 is 10.2 Å². The van der Waals surface area contributed by atoms with Crippen molar-refractivity contribution in [3.63, 3.8) is 0 Å². The van der Waals surface area contributed by atoms with E-state index in [9.17, 15) is 22.8 Å².